The average molecular weight is 367 g/mol. The maximum absolute atomic E-state index is 13.3. The molecule has 1 aliphatic heterocycles. The molecule has 7 heteroatoms. The number of nitrogens with one attached hydrogen (secondary N) is 2. The van der Waals surface area contributed by atoms with Gasteiger partial charge in [-0.2, -0.15) is 0 Å². The molecule has 1 amide bonds. The lowest BCUT2D eigenvalue weighted by atomic mass is 10.2. The van der Waals surface area contributed by atoms with Gasteiger partial charge in [0, 0.05) is 49.8 Å². The number of halogens is 1. The van der Waals surface area contributed by atoms with E-state index in [4.69, 9.17) is 0 Å². The second-order valence-corrected chi connectivity index (χ2v) is 6.91. The van der Waals surface area contributed by atoms with E-state index in [0.29, 0.717) is 17.6 Å². The number of H-pyrrole nitrogens is 1. The van der Waals surface area contributed by atoms with Crippen molar-refractivity contribution in [1.82, 2.24) is 20.2 Å². The number of carbonyl (C=O) groups is 1. The summed E-state index contributed by atoms with van der Waals surface area (Å²) in [4.78, 5) is 24.5. The number of benzene rings is 1. The van der Waals surface area contributed by atoms with Gasteiger partial charge in [0.05, 0.1) is 0 Å². The van der Waals surface area contributed by atoms with Crippen molar-refractivity contribution in [2.45, 2.75) is 6.54 Å². The first-order valence-corrected chi connectivity index (χ1v) is 9.03. The summed E-state index contributed by atoms with van der Waals surface area (Å²) in [5, 5.41) is 3.55. The first kappa shape index (κ1) is 17.5. The van der Waals surface area contributed by atoms with E-state index in [1.54, 1.807) is 18.3 Å². The highest BCUT2D eigenvalue weighted by atomic mass is 19.1. The number of nitrogens with zero attached hydrogens (tertiary/aromatic N) is 3. The molecular weight excluding hydrogens is 345 g/mol. The highest BCUT2D eigenvalue weighted by Crippen LogP contribution is 2.17. The zero-order valence-corrected chi connectivity index (χ0v) is 15.2. The van der Waals surface area contributed by atoms with Gasteiger partial charge in [-0.3, -0.25) is 4.79 Å². The van der Waals surface area contributed by atoms with Crippen LogP contribution in [0.4, 0.5) is 10.2 Å². The van der Waals surface area contributed by atoms with Crippen molar-refractivity contribution in [3.05, 3.63) is 59.7 Å². The Morgan fingerprint density at radius 3 is 2.74 bits per heavy atom. The molecule has 0 spiro atoms. The largest absolute Gasteiger partial charge is 0.354 e. The summed E-state index contributed by atoms with van der Waals surface area (Å²) in [6, 6.07) is 10.0. The SMILES string of the molecule is CN1CCN(c2ccc(CNC(=O)c3cc4cc(F)ccc4[nH]3)cn2)CC1. The van der Waals surface area contributed by atoms with Gasteiger partial charge in [-0.05, 0) is 42.9 Å². The van der Waals surface area contributed by atoms with E-state index in [0.717, 1.165) is 43.1 Å². The van der Waals surface area contributed by atoms with E-state index in [2.05, 4.69) is 32.1 Å². The fourth-order valence-electron chi connectivity index (χ4n) is 3.25. The monoisotopic (exact) mass is 367 g/mol. The predicted octanol–water partition coefficient (Wildman–Crippen LogP) is 2.38. The van der Waals surface area contributed by atoms with Crippen LogP contribution in [0.15, 0.2) is 42.6 Å². The van der Waals surface area contributed by atoms with Crippen molar-refractivity contribution >= 4 is 22.6 Å². The zero-order valence-electron chi connectivity index (χ0n) is 15.2. The Morgan fingerprint density at radius 2 is 2.00 bits per heavy atom. The molecule has 140 valence electrons. The molecule has 1 fully saturated rings. The summed E-state index contributed by atoms with van der Waals surface area (Å²) in [5.41, 5.74) is 2.08. The summed E-state index contributed by atoms with van der Waals surface area (Å²) in [6.07, 6.45) is 1.80. The van der Waals surface area contributed by atoms with Gasteiger partial charge in [0.25, 0.3) is 5.91 Å². The maximum Gasteiger partial charge on any atom is 0.267 e. The number of rotatable bonds is 4. The number of aromatic amines is 1. The minimum absolute atomic E-state index is 0.227. The van der Waals surface area contributed by atoms with Crippen molar-refractivity contribution in [3.8, 4) is 0 Å². The highest BCUT2D eigenvalue weighted by Gasteiger charge is 2.15. The van der Waals surface area contributed by atoms with Crippen molar-refractivity contribution in [1.29, 1.82) is 0 Å². The maximum atomic E-state index is 13.3. The molecule has 0 aliphatic carbocycles. The number of hydrogen-bond acceptors (Lipinski definition) is 4. The third-order valence-electron chi connectivity index (χ3n) is 4.92. The predicted molar refractivity (Wildman–Crippen MR) is 103 cm³/mol. The van der Waals surface area contributed by atoms with E-state index in [1.807, 2.05) is 12.1 Å². The Morgan fingerprint density at radius 1 is 1.19 bits per heavy atom. The van der Waals surface area contributed by atoms with Gasteiger partial charge in [0.15, 0.2) is 0 Å². The molecule has 0 bridgehead atoms. The summed E-state index contributed by atoms with van der Waals surface area (Å²) < 4.78 is 13.3. The molecule has 2 N–H and O–H groups in total. The summed E-state index contributed by atoms with van der Waals surface area (Å²) in [6.45, 7) is 4.40. The van der Waals surface area contributed by atoms with Gasteiger partial charge in [-0.25, -0.2) is 9.37 Å². The standard InChI is InChI=1S/C20H22FN5O/c1-25-6-8-26(9-7-25)19-5-2-14(12-22-19)13-23-20(27)18-11-15-10-16(21)3-4-17(15)24-18/h2-5,10-12,24H,6-9,13H2,1H3,(H,23,27). The van der Waals surface area contributed by atoms with E-state index in [9.17, 15) is 9.18 Å². The molecule has 3 aromatic rings. The van der Waals surface area contributed by atoms with E-state index >= 15 is 0 Å². The highest BCUT2D eigenvalue weighted by molar-refractivity contribution is 5.97. The lowest BCUT2D eigenvalue weighted by molar-refractivity contribution is 0.0946. The molecule has 6 nitrogen and oxygen atoms in total. The van der Waals surface area contributed by atoms with Crippen LogP contribution in [0.3, 0.4) is 0 Å². The lowest BCUT2D eigenvalue weighted by Gasteiger charge is -2.33. The molecule has 1 aromatic carbocycles. The first-order chi connectivity index (χ1) is 13.1. The zero-order chi connectivity index (χ0) is 18.8. The molecule has 0 radical (unpaired) electrons. The van der Waals surface area contributed by atoms with Gasteiger partial charge in [-0.1, -0.05) is 6.07 Å². The Kier molecular flexibility index (Phi) is 4.77. The second-order valence-electron chi connectivity index (χ2n) is 6.91. The summed E-state index contributed by atoms with van der Waals surface area (Å²) >= 11 is 0. The van der Waals surface area contributed by atoms with Crippen LogP contribution in [0.25, 0.3) is 10.9 Å². The summed E-state index contributed by atoms with van der Waals surface area (Å²) in [7, 11) is 2.13. The van der Waals surface area contributed by atoms with Crippen LogP contribution in [0.5, 0.6) is 0 Å². The van der Waals surface area contributed by atoms with E-state index in [-0.39, 0.29) is 11.7 Å². The van der Waals surface area contributed by atoms with Crippen molar-refractivity contribution < 1.29 is 9.18 Å². The van der Waals surface area contributed by atoms with Gasteiger partial charge in [0.1, 0.15) is 17.3 Å². The Balaban J connectivity index is 1.37. The number of carbonyl (C=O) groups excluding carboxylic acids is 1. The topological polar surface area (TPSA) is 64.3 Å². The Labute approximate surface area is 157 Å². The molecule has 0 saturated carbocycles. The van der Waals surface area contributed by atoms with Gasteiger partial charge < -0.3 is 20.1 Å². The minimum atomic E-state index is -0.319. The molecule has 4 rings (SSSR count). The lowest BCUT2D eigenvalue weighted by Crippen LogP contribution is -2.44. The smallest absolute Gasteiger partial charge is 0.267 e. The van der Waals surface area contributed by atoms with Gasteiger partial charge in [0.2, 0.25) is 0 Å². The van der Waals surface area contributed by atoms with E-state index < -0.39 is 0 Å². The minimum Gasteiger partial charge on any atom is -0.354 e. The number of aromatic nitrogens is 2. The van der Waals surface area contributed by atoms with Crippen molar-refractivity contribution in [2.24, 2.45) is 0 Å². The van der Waals surface area contributed by atoms with Crippen LogP contribution < -0.4 is 10.2 Å². The van der Waals surface area contributed by atoms with Crippen molar-refractivity contribution in [2.75, 3.05) is 38.1 Å². The van der Waals surface area contributed by atoms with Crippen LogP contribution in [0.2, 0.25) is 0 Å². The van der Waals surface area contributed by atoms with Gasteiger partial charge in [-0.15, -0.1) is 0 Å². The fraction of sp³-hybridized carbons (Fsp3) is 0.300. The molecular formula is C20H22FN5O. The fourth-order valence-corrected chi connectivity index (χ4v) is 3.25. The van der Waals surface area contributed by atoms with Crippen LogP contribution in [-0.4, -0.2) is 54.0 Å². The third kappa shape index (κ3) is 3.93. The molecule has 1 aliphatic rings. The summed E-state index contributed by atoms with van der Waals surface area (Å²) in [5.74, 6) is 0.422. The Bertz CT molecular complexity index is 945. The van der Waals surface area contributed by atoms with Crippen LogP contribution in [0.1, 0.15) is 16.1 Å². The average Bonchev–Trinajstić information content (AvgIpc) is 3.10. The molecule has 1 saturated heterocycles. The number of piperazine rings is 1. The van der Waals surface area contributed by atoms with Crippen LogP contribution in [-0.2, 0) is 6.54 Å². The normalized spacial score (nSPS) is 15.3. The number of anilines is 1. The quantitative estimate of drug-likeness (QED) is 0.743. The molecule has 27 heavy (non-hydrogen) atoms. The molecule has 0 atom stereocenters. The molecule has 3 heterocycles. The van der Waals surface area contributed by atoms with Crippen molar-refractivity contribution in [3.63, 3.8) is 0 Å². The van der Waals surface area contributed by atoms with Crippen LogP contribution >= 0.6 is 0 Å². The van der Waals surface area contributed by atoms with Gasteiger partial charge >= 0.3 is 0 Å². The second kappa shape index (κ2) is 7.36. The number of fused-ring (bicyclic) bond motifs is 1. The van der Waals surface area contributed by atoms with Crippen LogP contribution in [0, 0.1) is 5.82 Å². The molecule has 2 aromatic heterocycles. The number of amides is 1. The number of likely N-dealkylation sites (N-methyl/N-ethyl adjacent to an activating group) is 1. The third-order valence-corrected chi connectivity index (χ3v) is 4.92. The van der Waals surface area contributed by atoms with E-state index in [1.165, 1.54) is 12.1 Å². The number of pyridine rings is 1. The molecule has 0 unspecified atom stereocenters. The number of hydrogen-bond donors (Lipinski definition) is 2. The Hall–Kier alpha value is -2.93. The first-order valence-electron chi connectivity index (χ1n) is 9.03.